The van der Waals surface area contributed by atoms with Crippen LogP contribution in [0.2, 0.25) is 0 Å². The molecular weight excluding hydrogens is 366 g/mol. The summed E-state index contributed by atoms with van der Waals surface area (Å²) in [7, 11) is 1.76. The largest absolute Gasteiger partial charge is 0.452 e. The lowest BCUT2D eigenvalue weighted by atomic mass is 9.99. The van der Waals surface area contributed by atoms with Crippen LogP contribution in [0.5, 0.6) is 0 Å². The molecule has 0 aliphatic heterocycles. The lowest BCUT2D eigenvalue weighted by Crippen LogP contribution is -2.33. The maximum absolute atomic E-state index is 12.5. The van der Waals surface area contributed by atoms with Crippen LogP contribution < -0.4 is 5.32 Å². The van der Waals surface area contributed by atoms with E-state index in [4.69, 9.17) is 4.74 Å². The molecule has 3 aromatic rings. The molecule has 0 saturated heterocycles. The summed E-state index contributed by atoms with van der Waals surface area (Å²) in [6, 6.07) is 19.5. The fraction of sp³-hybridized carbons (Fsp3) is 0.261. The number of nitrogens with zero attached hydrogens (tertiary/aromatic N) is 2. The number of hydrogen-bond acceptors (Lipinski definition) is 4. The van der Waals surface area contributed by atoms with E-state index < -0.39 is 5.97 Å². The predicted molar refractivity (Wildman–Crippen MR) is 110 cm³/mol. The first-order chi connectivity index (χ1) is 14.0. The van der Waals surface area contributed by atoms with E-state index in [0.29, 0.717) is 23.4 Å². The van der Waals surface area contributed by atoms with Gasteiger partial charge in [0.15, 0.2) is 6.61 Å². The van der Waals surface area contributed by atoms with E-state index in [9.17, 15) is 9.59 Å². The highest BCUT2D eigenvalue weighted by molar-refractivity contribution is 5.93. The lowest BCUT2D eigenvalue weighted by Gasteiger charge is -2.19. The lowest BCUT2D eigenvalue weighted by molar-refractivity contribution is -0.125. The summed E-state index contributed by atoms with van der Waals surface area (Å²) in [6.07, 6.45) is 0.644. The van der Waals surface area contributed by atoms with Gasteiger partial charge in [0.2, 0.25) is 0 Å². The standard InChI is InChI=1S/C23H25N3O3/c1-16-22(17(2)26(3)25-16)23(28)29-15-21(27)24-20(19-12-8-5-9-13-19)14-18-10-6-4-7-11-18/h4-13,20H,14-15H2,1-3H3,(H,24,27). The molecular formula is C23H25N3O3. The first-order valence-corrected chi connectivity index (χ1v) is 9.51. The van der Waals surface area contributed by atoms with E-state index in [2.05, 4.69) is 10.4 Å². The van der Waals surface area contributed by atoms with Crippen molar-refractivity contribution in [3.63, 3.8) is 0 Å². The molecule has 6 heteroatoms. The highest BCUT2D eigenvalue weighted by Gasteiger charge is 2.21. The first kappa shape index (κ1) is 20.3. The fourth-order valence-corrected chi connectivity index (χ4v) is 3.30. The van der Waals surface area contributed by atoms with Crippen LogP contribution >= 0.6 is 0 Å². The number of aromatic nitrogens is 2. The smallest absolute Gasteiger partial charge is 0.342 e. The van der Waals surface area contributed by atoms with E-state index in [0.717, 1.165) is 11.1 Å². The Labute approximate surface area is 170 Å². The quantitative estimate of drug-likeness (QED) is 0.627. The predicted octanol–water partition coefficient (Wildman–Crippen LogP) is 3.29. The van der Waals surface area contributed by atoms with Crippen molar-refractivity contribution in [1.29, 1.82) is 0 Å². The van der Waals surface area contributed by atoms with Gasteiger partial charge < -0.3 is 10.1 Å². The average Bonchev–Trinajstić information content (AvgIpc) is 2.98. The second-order valence-corrected chi connectivity index (χ2v) is 6.97. The molecule has 1 aromatic heterocycles. The van der Waals surface area contributed by atoms with Crippen LogP contribution in [-0.2, 0) is 23.0 Å². The monoisotopic (exact) mass is 391 g/mol. The van der Waals surface area contributed by atoms with E-state index in [1.165, 1.54) is 0 Å². The van der Waals surface area contributed by atoms with Gasteiger partial charge in [-0.25, -0.2) is 4.79 Å². The molecule has 3 rings (SSSR count). The number of aryl methyl sites for hydroxylation is 2. The number of rotatable bonds is 7. The third-order valence-corrected chi connectivity index (χ3v) is 4.87. The Morgan fingerprint density at radius 3 is 2.24 bits per heavy atom. The molecule has 1 atom stereocenters. The normalized spacial score (nSPS) is 11.7. The minimum atomic E-state index is -0.539. The molecule has 0 fully saturated rings. The van der Waals surface area contributed by atoms with Crippen LogP contribution in [0, 0.1) is 13.8 Å². The summed E-state index contributed by atoms with van der Waals surface area (Å²) in [5.41, 5.74) is 3.81. The summed E-state index contributed by atoms with van der Waals surface area (Å²) in [4.78, 5) is 24.9. The summed E-state index contributed by atoms with van der Waals surface area (Å²) >= 11 is 0. The maximum atomic E-state index is 12.5. The molecule has 1 N–H and O–H groups in total. The molecule has 0 bridgehead atoms. The zero-order valence-corrected chi connectivity index (χ0v) is 16.9. The molecule has 29 heavy (non-hydrogen) atoms. The summed E-state index contributed by atoms with van der Waals surface area (Å²) in [6.45, 7) is 3.20. The molecule has 2 aromatic carbocycles. The van der Waals surface area contributed by atoms with Gasteiger partial charge in [-0.05, 0) is 31.4 Å². The number of ether oxygens (including phenoxy) is 1. The summed E-state index contributed by atoms with van der Waals surface area (Å²) in [5.74, 6) is -0.884. The van der Waals surface area contributed by atoms with Gasteiger partial charge in [-0.1, -0.05) is 60.7 Å². The van der Waals surface area contributed by atoms with Crippen LogP contribution in [0.1, 0.15) is 38.9 Å². The zero-order chi connectivity index (χ0) is 20.8. The molecule has 0 radical (unpaired) electrons. The second kappa shape index (κ2) is 9.19. The number of amides is 1. The van der Waals surface area contributed by atoms with Crippen molar-refractivity contribution in [2.45, 2.75) is 26.3 Å². The fourth-order valence-electron chi connectivity index (χ4n) is 3.30. The van der Waals surface area contributed by atoms with Gasteiger partial charge >= 0.3 is 5.97 Å². The summed E-state index contributed by atoms with van der Waals surface area (Å²) in [5, 5.41) is 7.20. The van der Waals surface area contributed by atoms with Gasteiger partial charge in [-0.15, -0.1) is 0 Å². The average molecular weight is 391 g/mol. The minimum absolute atomic E-state index is 0.216. The molecule has 1 unspecified atom stereocenters. The topological polar surface area (TPSA) is 73.2 Å². The number of carbonyl (C=O) groups excluding carboxylic acids is 2. The molecule has 0 aliphatic rings. The third-order valence-electron chi connectivity index (χ3n) is 4.87. The van der Waals surface area contributed by atoms with Gasteiger partial charge in [0.1, 0.15) is 5.56 Å². The molecule has 1 amide bonds. The Morgan fingerprint density at radius 1 is 1.03 bits per heavy atom. The van der Waals surface area contributed by atoms with E-state index >= 15 is 0 Å². The number of esters is 1. The van der Waals surface area contributed by atoms with E-state index in [1.54, 1.807) is 25.6 Å². The molecule has 0 saturated carbocycles. The van der Waals surface area contributed by atoms with E-state index in [1.807, 2.05) is 60.7 Å². The van der Waals surface area contributed by atoms with Gasteiger partial charge in [0.05, 0.1) is 11.7 Å². The van der Waals surface area contributed by atoms with Crippen molar-refractivity contribution in [3.8, 4) is 0 Å². The van der Waals surface area contributed by atoms with Crippen molar-refractivity contribution < 1.29 is 14.3 Å². The molecule has 0 aliphatic carbocycles. The van der Waals surface area contributed by atoms with Crippen molar-refractivity contribution in [1.82, 2.24) is 15.1 Å². The van der Waals surface area contributed by atoms with Crippen molar-refractivity contribution in [2.75, 3.05) is 6.61 Å². The van der Waals surface area contributed by atoms with Crippen molar-refractivity contribution >= 4 is 11.9 Å². The maximum Gasteiger partial charge on any atom is 0.342 e. The highest BCUT2D eigenvalue weighted by Crippen LogP contribution is 2.18. The van der Waals surface area contributed by atoms with Gasteiger partial charge in [-0.2, -0.15) is 5.10 Å². The number of hydrogen-bond donors (Lipinski definition) is 1. The van der Waals surface area contributed by atoms with Crippen LogP contribution in [0.25, 0.3) is 0 Å². The Morgan fingerprint density at radius 2 is 1.66 bits per heavy atom. The Bertz CT molecular complexity index is 981. The van der Waals surface area contributed by atoms with Gasteiger partial charge in [-0.3, -0.25) is 9.48 Å². The number of nitrogens with one attached hydrogen (secondary N) is 1. The second-order valence-electron chi connectivity index (χ2n) is 6.97. The Kier molecular flexibility index (Phi) is 6.44. The molecule has 0 spiro atoms. The SMILES string of the molecule is Cc1nn(C)c(C)c1C(=O)OCC(=O)NC(Cc1ccccc1)c1ccccc1. The van der Waals surface area contributed by atoms with Crippen molar-refractivity contribution in [2.24, 2.45) is 7.05 Å². The first-order valence-electron chi connectivity index (χ1n) is 9.51. The van der Waals surface area contributed by atoms with Gasteiger partial charge in [0.25, 0.3) is 5.91 Å². The minimum Gasteiger partial charge on any atom is -0.452 e. The Balaban J connectivity index is 1.66. The molecule has 150 valence electrons. The summed E-state index contributed by atoms with van der Waals surface area (Å²) < 4.78 is 6.87. The number of carbonyl (C=O) groups is 2. The highest BCUT2D eigenvalue weighted by atomic mass is 16.5. The zero-order valence-electron chi connectivity index (χ0n) is 16.9. The van der Waals surface area contributed by atoms with Crippen LogP contribution in [0.4, 0.5) is 0 Å². The molecule has 6 nitrogen and oxygen atoms in total. The van der Waals surface area contributed by atoms with Crippen LogP contribution in [-0.4, -0.2) is 28.3 Å². The van der Waals surface area contributed by atoms with Crippen LogP contribution in [0.3, 0.4) is 0 Å². The van der Waals surface area contributed by atoms with E-state index in [-0.39, 0.29) is 18.6 Å². The van der Waals surface area contributed by atoms with Gasteiger partial charge in [0, 0.05) is 12.7 Å². The molecule has 1 heterocycles. The third kappa shape index (κ3) is 5.10. The number of benzene rings is 2. The Hall–Kier alpha value is -3.41. The van der Waals surface area contributed by atoms with Crippen LogP contribution in [0.15, 0.2) is 60.7 Å². The van der Waals surface area contributed by atoms with Crippen molar-refractivity contribution in [3.05, 3.63) is 88.7 Å².